The molecule has 234 valence electrons. The van der Waals surface area contributed by atoms with E-state index in [0.717, 1.165) is 29.1 Å². The van der Waals surface area contributed by atoms with Gasteiger partial charge < -0.3 is 29.7 Å². The standard InChI is InChI=1S/C29H30ClF2N5O6S/c1-42-27-25(36-11-19(34-35-36)14-8-16(30)24(32)17(31)9-14)26(40)22(12-38)43-28(27)29(41)37(20-4-2-3-5-21(20)39)15-6-7-18-23(10-15)44-13-33-18/h6-11,13,20-22,25-28,38-40H,2-5,12H2,1H3/t20-,21-,22+,25-,26-,27+,28+/m0/s1. The fourth-order valence-electron chi connectivity index (χ4n) is 6.12. The fraction of sp³-hybridized carbons (Fsp3) is 0.448. The molecule has 15 heteroatoms. The topological polar surface area (TPSA) is 143 Å². The van der Waals surface area contributed by atoms with E-state index in [1.807, 2.05) is 6.07 Å². The highest BCUT2D eigenvalue weighted by atomic mass is 35.5. The average Bonchev–Trinajstić information content (AvgIpc) is 3.70. The van der Waals surface area contributed by atoms with Gasteiger partial charge in [0.15, 0.2) is 17.7 Å². The Labute approximate surface area is 259 Å². The van der Waals surface area contributed by atoms with Gasteiger partial charge in [0.1, 0.15) is 30.0 Å². The first kappa shape index (κ1) is 30.9. The molecule has 1 aliphatic carbocycles. The zero-order chi connectivity index (χ0) is 31.1. The van der Waals surface area contributed by atoms with E-state index in [-0.39, 0.29) is 11.3 Å². The summed E-state index contributed by atoms with van der Waals surface area (Å²) in [6.45, 7) is -0.628. The Hall–Kier alpha value is -3.11. The number of aliphatic hydroxyl groups is 3. The first-order valence-corrected chi connectivity index (χ1v) is 15.4. The van der Waals surface area contributed by atoms with Crippen LogP contribution < -0.4 is 4.90 Å². The molecule has 2 aromatic heterocycles. The number of aliphatic hydroxyl groups excluding tert-OH is 3. The largest absolute Gasteiger partial charge is 0.394 e. The first-order valence-electron chi connectivity index (χ1n) is 14.1. The molecule has 2 fully saturated rings. The Morgan fingerprint density at radius 3 is 2.75 bits per heavy atom. The lowest BCUT2D eigenvalue weighted by atomic mass is 9.88. The fourth-order valence-corrected chi connectivity index (χ4v) is 7.04. The summed E-state index contributed by atoms with van der Waals surface area (Å²) in [5.41, 5.74) is 3.27. The maximum atomic E-state index is 14.6. The second-order valence-corrected chi connectivity index (χ2v) is 12.2. The van der Waals surface area contributed by atoms with E-state index in [1.54, 1.807) is 17.6 Å². The summed E-state index contributed by atoms with van der Waals surface area (Å²) in [7, 11) is 1.35. The number of ether oxygens (including phenoxy) is 2. The van der Waals surface area contributed by atoms with Gasteiger partial charge in [-0.3, -0.25) is 4.79 Å². The molecule has 4 aromatic rings. The highest BCUT2D eigenvalue weighted by Gasteiger charge is 2.52. The molecule has 3 N–H and O–H groups in total. The number of aromatic nitrogens is 4. The average molecular weight is 650 g/mol. The van der Waals surface area contributed by atoms with Crippen molar-refractivity contribution < 1.29 is 38.4 Å². The predicted molar refractivity (Wildman–Crippen MR) is 157 cm³/mol. The molecule has 0 unspecified atom stereocenters. The van der Waals surface area contributed by atoms with Crippen molar-refractivity contribution in [3.8, 4) is 11.3 Å². The third kappa shape index (κ3) is 5.60. The van der Waals surface area contributed by atoms with E-state index >= 15 is 0 Å². The van der Waals surface area contributed by atoms with E-state index in [4.69, 9.17) is 21.1 Å². The smallest absolute Gasteiger partial charge is 0.259 e. The number of thiazole rings is 1. The Balaban J connectivity index is 1.39. The summed E-state index contributed by atoms with van der Waals surface area (Å²) in [5, 5.41) is 40.2. The van der Waals surface area contributed by atoms with Gasteiger partial charge in [0.05, 0.1) is 45.7 Å². The van der Waals surface area contributed by atoms with Crippen molar-refractivity contribution in [1.82, 2.24) is 20.0 Å². The lowest BCUT2D eigenvalue weighted by Crippen LogP contribution is -2.63. The van der Waals surface area contributed by atoms with Gasteiger partial charge in [0, 0.05) is 18.4 Å². The van der Waals surface area contributed by atoms with Crippen LogP contribution in [-0.2, 0) is 14.3 Å². The van der Waals surface area contributed by atoms with Crippen molar-refractivity contribution in [2.75, 3.05) is 18.6 Å². The Kier molecular flexibility index (Phi) is 8.93. The molecule has 0 spiro atoms. The van der Waals surface area contributed by atoms with E-state index in [1.165, 1.54) is 40.3 Å². The number of benzene rings is 2. The van der Waals surface area contributed by atoms with Gasteiger partial charge >= 0.3 is 0 Å². The molecule has 1 saturated heterocycles. The van der Waals surface area contributed by atoms with Crippen LogP contribution in [0.5, 0.6) is 0 Å². The number of halogens is 3. The van der Waals surface area contributed by atoms with Crippen LogP contribution in [0.1, 0.15) is 31.7 Å². The van der Waals surface area contributed by atoms with Gasteiger partial charge in [-0.05, 0) is 43.2 Å². The SMILES string of the molecule is CO[C@@H]1[C@@H](n2cc(-c3cc(F)c(F)c(Cl)c3)nn2)[C@@H](O)[C@@H](CO)O[C@H]1C(=O)N(c1ccc2ncsc2c1)[C@H]1CCCC[C@@H]1O. The number of fused-ring (bicyclic) bond motifs is 1. The van der Waals surface area contributed by atoms with Gasteiger partial charge in [-0.1, -0.05) is 29.7 Å². The maximum absolute atomic E-state index is 14.6. The Bertz CT molecular complexity index is 1630. The van der Waals surface area contributed by atoms with Gasteiger partial charge in [0.25, 0.3) is 5.91 Å². The summed E-state index contributed by atoms with van der Waals surface area (Å²) in [4.78, 5) is 20.4. The molecule has 0 radical (unpaired) electrons. The summed E-state index contributed by atoms with van der Waals surface area (Å²) < 4.78 is 41.8. The molecule has 0 bridgehead atoms. The molecule has 3 heterocycles. The summed E-state index contributed by atoms with van der Waals surface area (Å²) in [5.74, 6) is -2.90. The van der Waals surface area contributed by atoms with Crippen LogP contribution >= 0.6 is 22.9 Å². The van der Waals surface area contributed by atoms with Crippen LogP contribution in [0.4, 0.5) is 14.5 Å². The molecule has 7 atom stereocenters. The van der Waals surface area contributed by atoms with Crippen LogP contribution in [0.15, 0.2) is 42.0 Å². The lowest BCUT2D eigenvalue weighted by Gasteiger charge is -2.46. The third-order valence-electron chi connectivity index (χ3n) is 8.33. The minimum absolute atomic E-state index is 0.118. The molecule has 1 aliphatic heterocycles. The number of nitrogens with zero attached hydrogens (tertiary/aromatic N) is 5. The Morgan fingerprint density at radius 1 is 1.23 bits per heavy atom. The van der Waals surface area contributed by atoms with E-state index in [9.17, 15) is 28.9 Å². The molecule has 1 amide bonds. The van der Waals surface area contributed by atoms with Gasteiger partial charge in [-0.25, -0.2) is 18.4 Å². The monoisotopic (exact) mass is 649 g/mol. The quantitative estimate of drug-likeness (QED) is 0.256. The lowest BCUT2D eigenvalue weighted by molar-refractivity contribution is -0.211. The van der Waals surface area contributed by atoms with Crippen LogP contribution in [-0.4, -0.2) is 91.5 Å². The van der Waals surface area contributed by atoms with Crippen molar-refractivity contribution >= 4 is 44.7 Å². The normalized spacial score (nSPS) is 27.5. The first-order chi connectivity index (χ1) is 21.2. The number of methoxy groups -OCH3 is 1. The summed E-state index contributed by atoms with van der Waals surface area (Å²) in [6, 6.07) is 5.86. The van der Waals surface area contributed by atoms with E-state index < -0.39 is 71.8 Å². The van der Waals surface area contributed by atoms with Crippen molar-refractivity contribution in [3.63, 3.8) is 0 Å². The predicted octanol–water partition coefficient (Wildman–Crippen LogP) is 3.50. The molecule has 44 heavy (non-hydrogen) atoms. The minimum atomic E-state index is -1.40. The van der Waals surface area contributed by atoms with E-state index in [0.29, 0.717) is 18.5 Å². The highest BCUT2D eigenvalue weighted by molar-refractivity contribution is 7.16. The molecule has 2 aromatic carbocycles. The molecular formula is C29H30ClF2N5O6S. The van der Waals surface area contributed by atoms with Crippen LogP contribution in [0.3, 0.4) is 0 Å². The number of hydrogen-bond donors (Lipinski definition) is 3. The van der Waals surface area contributed by atoms with Crippen molar-refractivity contribution in [1.29, 1.82) is 0 Å². The van der Waals surface area contributed by atoms with E-state index in [2.05, 4.69) is 15.3 Å². The molecule has 1 saturated carbocycles. The number of hydrogen-bond acceptors (Lipinski definition) is 10. The number of rotatable bonds is 7. The number of carbonyl (C=O) groups is 1. The second kappa shape index (κ2) is 12.7. The zero-order valence-corrected chi connectivity index (χ0v) is 25.0. The molecule has 2 aliphatic rings. The van der Waals surface area contributed by atoms with Gasteiger partial charge in [-0.2, -0.15) is 0 Å². The van der Waals surface area contributed by atoms with Crippen LogP contribution in [0.25, 0.3) is 21.5 Å². The zero-order valence-electron chi connectivity index (χ0n) is 23.5. The van der Waals surface area contributed by atoms with Crippen LogP contribution in [0.2, 0.25) is 5.02 Å². The Morgan fingerprint density at radius 2 is 2.02 bits per heavy atom. The second-order valence-electron chi connectivity index (χ2n) is 10.9. The summed E-state index contributed by atoms with van der Waals surface area (Å²) in [6.07, 6.45) is -1.80. The van der Waals surface area contributed by atoms with Crippen molar-refractivity contribution in [2.24, 2.45) is 0 Å². The third-order valence-corrected chi connectivity index (χ3v) is 9.40. The van der Waals surface area contributed by atoms with Gasteiger partial charge in [-0.15, -0.1) is 16.4 Å². The van der Waals surface area contributed by atoms with Crippen molar-refractivity contribution in [2.45, 2.75) is 68.3 Å². The molecule has 11 nitrogen and oxygen atoms in total. The maximum Gasteiger partial charge on any atom is 0.259 e. The highest BCUT2D eigenvalue weighted by Crippen LogP contribution is 2.37. The molecule has 6 rings (SSSR count). The molecular weight excluding hydrogens is 620 g/mol. The van der Waals surface area contributed by atoms with Crippen molar-refractivity contribution in [3.05, 3.63) is 58.7 Å². The number of carbonyl (C=O) groups excluding carboxylic acids is 1. The summed E-state index contributed by atoms with van der Waals surface area (Å²) >= 11 is 7.25. The number of amides is 1. The van der Waals surface area contributed by atoms with Gasteiger partial charge in [0.2, 0.25) is 0 Å². The number of anilines is 1. The van der Waals surface area contributed by atoms with Crippen LogP contribution in [0, 0.1) is 11.6 Å². The minimum Gasteiger partial charge on any atom is -0.394 e.